The highest BCUT2D eigenvalue weighted by Gasteiger charge is 2.63. The van der Waals surface area contributed by atoms with Crippen LogP contribution in [0.15, 0.2) is 11.6 Å². The maximum atomic E-state index is 12.2. The lowest BCUT2D eigenvalue weighted by Gasteiger charge is -2.58. The van der Waals surface area contributed by atoms with Crippen LogP contribution in [0.5, 0.6) is 0 Å². The topological polar surface area (TPSA) is 95.9 Å². The number of aliphatic hydroxyl groups excluding tert-OH is 1. The van der Waals surface area contributed by atoms with Gasteiger partial charge < -0.3 is 20.3 Å². The summed E-state index contributed by atoms with van der Waals surface area (Å²) in [5, 5.41) is 22.3. The number of alkyl carbamates (subject to hydrolysis) is 1. The number of aliphatic hydroxyl groups is 1. The summed E-state index contributed by atoms with van der Waals surface area (Å²) in [6, 6.07) is 0. The van der Waals surface area contributed by atoms with Crippen LogP contribution < -0.4 is 5.32 Å². The largest absolute Gasteiger partial charge is 0.481 e. The molecule has 0 spiro atoms. The van der Waals surface area contributed by atoms with Crippen molar-refractivity contribution >= 4 is 12.1 Å². The summed E-state index contributed by atoms with van der Waals surface area (Å²) in [4.78, 5) is 24.3. The van der Waals surface area contributed by atoms with E-state index < -0.39 is 34.4 Å². The zero-order valence-corrected chi connectivity index (χ0v) is 16.8. The molecule has 2 rings (SSSR count). The highest BCUT2D eigenvalue weighted by Crippen LogP contribution is 2.64. The number of carbonyl (C=O) groups excluding carboxylic acids is 1. The molecule has 0 aromatic carbocycles. The third-order valence-corrected chi connectivity index (χ3v) is 5.61. The van der Waals surface area contributed by atoms with Crippen LogP contribution in [0.25, 0.3) is 0 Å². The molecular weight excluding hydrogens is 334 g/mol. The van der Waals surface area contributed by atoms with Gasteiger partial charge in [-0.05, 0) is 56.4 Å². The van der Waals surface area contributed by atoms with Crippen LogP contribution in [0.1, 0.15) is 54.4 Å². The molecule has 0 aliphatic heterocycles. The number of amides is 1. The lowest BCUT2D eigenvalue weighted by Crippen LogP contribution is -2.61. The first-order valence-corrected chi connectivity index (χ1v) is 9.30. The minimum atomic E-state index is -0.840. The van der Waals surface area contributed by atoms with Crippen molar-refractivity contribution in [3.8, 4) is 0 Å². The molecule has 2 aliphatic carbocycles. The van der Waals surface area contributed by atoms with Gasteiger partial charge in [-0.25, -0.2) is 4.79 Å². The maximum Gasteiger partial charge on any atom is 0.407 e. The number of nitrogens with one attached hydrogen (secondary N) is 1. The van der Waals surface area contributed by atoms with Crippen LogP contribution in [-0.2, 0) is 9.53 Å². The molecule has 0 radical (unpaired) electrons. The van der Waals surface area contributed by atoms with Gasteiger partial charge >= 0.3 is 12.1 Å². The lowest BCUT2D eigenvalue weighted by atomic mass is 9.46. The molecule has 1 fully saturated rings. The maximum absolute atomic E-state index is 12.2. The van der Waals surface area contributed by atoms with E-state index in [1.54, 1.807) is 20.8 Å². The van der Waals surface area contributed by atoms with Gasteiger partial charge in [-0.15, -0.1) is 0 Å². The van der Waals surface area contributed by atoms with Gasteiger partial charge in [0.05, 0.1) is 12.5 Å². The number of hydrogen-bond donors (Lipinski definition) is 3. The van der Waals surface area contributed by atoms with Crippen molar-refractivity contribution in [2.75, 3.05) is 13.2 Å². The Labute approximate surface area is 156 Å². The molecular formula is C20H33NO5. The third kappa shape index (κ3) is 4.05. The zero-order valence-electron chi connectivity index (χ0n) is 16.8. The second kappa shape index (κ2) is 6.87. The van der Waals surface area contributed by atoms with Gasteiger partial charge in [0, 0.05) is 12.0 Å². The lowest BCUT2D eigenvalue weighted by molar-refractivity contribution is -0.167. The van der Waals surface area contributed by atoms with Gasteiger partial charge in [-0.3, -0.25) is 4.79 Å². The van der Waals surface area contributed by atoms with Gasteiger partial charge in [-0.2, -0.15) is 0 Å². The van der Waals surface area contributed by atoms with Gasteiger partial charge in [0.15, 0.2) is 0 Å². The quantitative estimate of drug-likeness (QED) is 0.649. The number of ether oxygens (including phenoxy) is 1. The van der Waals surface area contributed by atoms with Crippen molar-refractivity contribution in [1.29, 1.82) is 0 Å². The van der Waals surface area contributed by atoms with Gasteiger partial charge in [0.2, 0.25) is 0 Å². The van der Waals surface area contributed by atoms with Gasteiger partial charge in [0.1, 0.15) is 5.60 Å². The van der Waals surface area contributed by atoms with E-state index in [-0.39, 0.29) is 19.1 Å². The number of carboxylic acid groups (broad SMARTS) is 1. The number of fused-ring (bicyclic) bond motifs is 1. The van der Waals surface area contributed by atoms with Crippen molar-refractivity contribution in [3.63, 3.8) is 0 Å². The predicted octanol–water partition coefficient (Wildman–Crippen LogP) is 3.20. The van der Waals surface area contributed by atoms with Crippen LogP contribution in [-0.4, -0.2) is 41.0 Å². The van der Waals surface area contributed by atoms with E-state index in [0.29, 0.717) is 5.92 Å². The van der Waals surface area contributed by atoms with E-state index in [0.717, 1.165) is 18.4 Å². The SMILES string of the molecule is CC(C)(C)OC(=O)NC[C@]1(C(C(=O)O)C(C)(C)C)C[C@@H]2CC(CO)=C[C@@H]21. The normalized spacial score (nSPS) is 29.3. The number of rotatable bonds is 5. The van der Waals surface area contributed by atoms with E-state index in [1.165, 1.54) is 0 Å². The van der Waals surface area contributed by atoms with Gasteiger partial charge in [0.25, 0.3) is 0 Å². The number of hydrogen-bond acceptors (Lipinski definition) is 4. The van der Waals surface area contributed by atoms with Crippen LogP contribution >= 0.6 is 0 Å². The first-order chi connectivity index (χ1) is 11.8. The summed E-state index contributed by atoms with van der Waals surface area (Å²) in [6.45, 7) is 11.4. The number of allylic oxidation sites excluding steroid dienone is 1. The summed E-state index contributed by atoms with van der Waals surface area (Å²) in [5.41, 5.74) is -0.658. The molecule has 2 aliphatic rings. The molecule has 0 aromatic heterocycles. The molecule has 0 bridgehead atoms. The Balaban J connectivity index is 2.28. The Bertz CT molecular complexity index is 598. The van der Waals surface area contributed by atoms with Crippen molar-refractivity contribution in [2.24, 2.45) is 28.6 Å². The fourth-order valence-electron chi connectivity index (χ4n) is 4.97. The molecule has 26 heavy (non-hydrogen) atoms. The summed E-state index contributed by atoms with van der Waals surface area (Å²) in [7, 11) is 0. The summed E-state index contributed by atoms with van der Waals surface area (Å²) >= 11 is 0. The molecule has 148 valence electrons. The highest BCUT2D eigenvalue weighted by molar-refractivity contribution is 5.73. The molecule has 0 heterocycles. The molecule has 6 heteroatoms. The van der Waals surface area contributed by atoms with Crippen LogP contribution in [0.3, 0.4) is 0 Å². The molecule has 1 unspecified atom stereocenters. The average Bonchev–Trinajstić information content (AvgIpc) is 2.77. The fraction of sp³-hybridized carbons (Fsp3) is 0.800. The van der Waals surface area contributed by atoms with E-state index in [1.807, 2.05) is 26.8 Å². The Kier molecular flexibility index (Phi) is 5.48. The zero-order chi connectivity index (χ0) is 19.9. The van der Waals surface area contributed by atoms with Crippen molar-refractivity contribution in [3.05, 3.63) is 11.6 Å². The van der Waals surface area contributed by atoms with Crippen LogP contribution in [0.4, 0.5) is 4.79 Å². The number of carboxylic acids is 1. The Morgan fingerprint density at radius 1 is 1.31 bits per heavy atom. The van der Waals surface area contributed by atoms with Crippen molar-refractivity contribution in [1.82, 2.24) is 5.32 Å². The summed E-state index contributed by atoms with van der Waals surface area (Å²) in [5.74, 6) is -1.05. The highest BCUT2D eigenvalue weighted by atomic mass is 16.6. The number of carbonyl (C=O) groups is 2. The molecule has 1 amide bonds. The van der Waals surface area contributed by atoms with E-state index in [2.05, 4.69) is 5.32 Å². The molecule has 0 saturated heterocycles. The molecule has 3 N–H and O–H groups in total. The van der Waals surface area contributed by atoms with E-state index in [9.17, 15) is 19.8 Å². The van der Waals surface area contributed by atoms with E-state index >= 15 is 0 Å². The first-order valence-electron chi connectivity index (χ1n) is 9.30. The summed E-state index contributed by atoms with van der Waals surface area (Å²) < 4.78 is 5.33. The van der Waals surface area contributed by atoms with Crippen LogP contribution in [0.2, 0.25) is 0 Å². The second-order valence-corrected chi connectivity index (χ2v) is 9.90. The van der Waals surface area contributed by atoms with Crippen molar-refractivity contribution in [2.45, 2.75) is 60.0 Å². The first kappa shape index (κ1) is 20.7. The Morgan fingerprint density at radius 3 is 2.38 bits per heavy atom. The standard InChI is InChI=1S/C20H33NO5/c1-18(2,3)15(16(23)24)20(11-21-17(25)26-19(4,5)6)9-13-7-12(10-22)8-14(13)20/h8,13-15,22H,7,9-11H2,1-6H3,(H,21,25)(H,23,24)/t13-,14-,15?,20+/m0/s1. The molecule has 6 nitrogen and oxygen atoms in total. The average molecular weight is 367 g/mol. The predicted molar refractivity (Wildman–Crippen MR) is 98.6 cm³/mol. The monoisotopic (exact) mass is 367 g/mol. The second-order valence-electron chi connectivity index (χ2n) is 9.90. The molecule has 4 atom stereocenters. The minimum Gasteiger partial charge on any atom is -0.481 e. The fourth-order valence-corrected chi connectivity index (χ4v) is 4.97. The number of aliphatic carboxylic acids is 1. The molecule has 1 saturated carbocycles. The Hall–Kier alpha value is -1.56. The minimum absolute atomic E-state index is 0.00975. The van der Waals surface area contributed by atoms with Crippen molar-refractivity contribution < 1.29 is 24.5 Å². The summed E-state index contributed by atoms with van der Waals surface area (Å²) in [6.07, 6.45) is 3.04. The smallest absolute Gasteiger partial charge is 0.407 e. The Morgan fingerprint density at radius 2 is 1.92 bits per heavy atom. The third-order valence-electron chi connectivity index (χ3n) is 5.61. The molecule has 0 aromatic rings. The van der Waals surface area contributed by atoms with E-state index in [4.69, 9.17) is 4.74 Å². The van der Waals surface area contributed by atoms with Gasteiger partial charge in [-0.1, -0.05) is 26.8 Å². The van der Waals surface area contributed by atoms with Crippen LogP contribution in [0, 0.1) is 28.6 Å².